The third-order valence-corrected chi connectivity index (χ3v) is 5.68. The fourth-order valence-corrected chi connectivity index (χ4v) is 4.51. The Morgan fingerprint density at radius 2 is 2.00 bits per heavy atom. The van der Waals surface area contributed by atoms with Gasteiger partial charge >= 0.3 is 5.97 Å². The summed E-state index contributed by atoms with van der Waals surface area (Å²) in [5.74, 6) is -0.00956. The number of hydrogen-bond donors (Lipinski definition) is 0. The van der Waals surface area contributed by atoms with Gasteiger partial charge in [-0.05, 0) is 42.2 Å². The van der Waals surface area contributed by atoms with Crippen LogP contribution in [0.4, 0.5) is 0 Å². The molecule has 0 N–H and O–H groups in total. The first kappa shape index (κ1) is 18.0. The third kappa shape index (κ3) is 3.10. The van der Waals surface area contributed by atoms with Gasteiger partial charge in [0.1, 0.15) is 0 Å². The Morgan fingerprint density at radius 1 is 1.22 bits per heavy atom. The van der Waals surface area contributed by atoms with Crippen LogP contribution in [0, 0.1) is 5.92 Å². The number of nitrogens with zero attached hydrogens (tertiary/aromatic N) is 1. The number of ketones is 1. The third-order valence-electron chi connectivity index (χ3n) is 5.19. The second kappa shape index (κ2) is 6.97. The molecule has 4 rings (SSSR count). The van der Waals surface area contributed by atoms with Crippen molar-refractivity contribution in [3.8, 4) is 0 Å². The molecule has 27 heavy (non-hydrogen) atoms. The SMILES string of the molecule is COC(=O)c1cccc2c1c1c(n2Cc2cccc(Br)c2)CC(C)CC1=O. The van der Waals surface area contributed by atoms with Gasteiger partial charge in [-0.25, -0.2) is 4.79 Å². The Kier molecular flexibility index (Phi) is 4.64. The summed E-state index contributed by atoms with van der Waals surface area (Å²) >= 11 is 3.53. The number of ether oxygens (including phenoxy) is 1. The number of Topliss-reactive ketones (excluding diaryl/α,β-unsaturated/α-hetero) is 1. The largest absolute Gasteiger partial charge is 0.465 e. The van der Waals surface area contributed by atoms with E-state index in [1.165, 1.54) is 7.11 Å². The van der Waals surface area contributed by atoms with Gasteiger partial charge in [0.25, 0.3) is 0 Å². The number of hydrogen-bond acceptors (Lipinski definition) is 3. The van der Waals surface area contributed by atoms with E-state index >= 15 is 0 Å². The lowest BCUT2D eigenvalue weighted by Gasteiger charge is -2.20. The van der Waals surface area contributed by atoms with Crippen LogP contribution in [0.5, 0.6) is 0 Å². The van der Waals surface area contributed by atoms with Gasteiger partial charge in [0.05, 0.1) is 18.2 Å². The van der Waals surface area contributed by atoms with Crippen LogP contribution >= 0.6 is 15.9 Å². The summed E-state index contributed by atoms with van der Waals surface area (Å²) < 4.78 is 8.17. The van der Waals surface area contributed by atoms with Gasteiger partial charge in [0, 0.05) is 34.1 Å². The Bertz CT molecular complexity index is 1070. The van der Waals surface area contributed by atoms with Crippen molar-refractivity contribution in [2.24, 2.45) is 5.92 Å². The number of esters is 1. The molecule has 1 atom stereocenters. The fraction of sp³-hybridized carbons (Fsp3) is 0.273. The number of halogens is 1. The molecule has 3 aromatic rings. The quantitative estimate of drug-likeness (QED) is 0.554. The van der Waals surface area contributed by atoms with Crippen molar-refractivity contribution < 1.29 is 14.3 Å². The molecule has 0 saturated carbocycles. The molecular formula is C22H20BrNO3. The Balaban J connectivity index is 1.99. The van der Waals surface area contributed by atoms with Gasteiger partial charge in [-0.2, -0.15) is 0 Å². The Hall–Kier alpha value is -2.40. The van der Waals surface area contributed by atoms with Gasteiger partial charge in [0.15, 0.2) is 5.78 Å². The van der Waals surface area contributed by atoms with E-state index in [0.29, 0.717) is 24.1 Å². The maximum Gasteiger partial charge on any atom is 0.338 e. The highest BCUT2D eigenvalue weighted by atomic mass is 79.9. The molecule has 0 saturated heterocycles. The average molecular weight is 426 g/mol. The highest BCUT2D eigenvalue weighted by Gasteiger charge is 2.31. The van der Waals surface area contributed by atoms with Gasteiger partial charge in [-0.3, -0.25) is 4.79 Å². The first-order chi connectivity index (χ1) is 13.0. The molecular weight excluding hydrogens is 406 g/mol. The maximum absolute atomic E-state index is 12.9. The maximum atomic E-state index is 12.9. The number of carbonyl (C=O) groups is 2. The minimum atomic E-state index is -0.408. The molecule has 0 fully saturated rings. The van der Waals surface area contributed by atoms with E-state index in [4.69, 9.17) is 4.74 Å². The molecule has 1 unspecified atom stereocenters. The molecule has 1 aliphatic rings. The summed E-state index contributed by atoms with van der Waals surface area (Å²) in [6.07, 6.45) is 1.34. The topological polar surface area (TPSA) is 48.3 Å². The monoisotopic (exact) mass is 425 g/mol. The summed E-state index contributed by atoms with van der Waals surface area (Å²) in [4.78, 5) is 25.3. The molecule has 1 heterocycles. The number of fused-ring (bicyclic) bond motifs is 3. The van der Waals surface area contributed by atoms with Crippen molar-refractivity contribution in [2.45, 2.75) is 26.3 Å². The van der Waals surface area contributed by atoms with Crippen LogP contribution in [0.1, 0.15) is 45.3 Å². The highest BCUT2D eigenvalue weighted by molar-refractivity contribution is 9.10. The van der Waals surface area contributed by atoms with Crippen molar-refractivity contribution in [1.82, 2.24) is 4.57 Å². The van der Waals surface area contributed by atoms with E-state index in [-0.39, 0.29) is 11.7 Å². The molecule has 138 valence electrons. The lowest BCUT2D eigenvalue weighted by Crippen LogP contribution is -2.20. The highest BCUT2D eigenvalue weighted by Crippen LogP contribution is 2.37. The summed E-state index contributed by atoms with van der Waals surface area (Å²) in [7, 11) is 1.37. The molecule has 0 aliphatic heterocycles. The van der Waals surface area contributed by atoms with E-state index in [2.05, 4.69) is 39.6 Å². The normalized spacial score (nSPS) is 16.4. The van der Waals surface area contributed by atoms with Crippen molar-refractivity contribution in [3.05, 3.63) is 69.3 Å². The molecule has 0 spiro atoms. The van der Waals surface area contributed by atoms with Gasteiger partial charge in [-0.15, -0.1) is 0 Å². The first-order valence-electron chi connectivity index (χ1n) is 8.99. The van der Waals surface area contributed by atoms with E-state index in [1.54, 1.807) is 6.07 Å². The molecule has 5 heteroatoms. The van der Waals surface area contributed by atoms with Crippen molar-refractivity contribution >= 4 is 38.6 Å². The number of aromatic nitrogens is 1. The predicted octanol–water partition coefficient (Wildman–Crippen LogP) is 5.00. The van der Waals surface area contributed by atoms with E-state index in [0.717, 1.165) is 33.1 Å². The number of carbonyl (C=O) groups excluding carboxylic acids is 2. The summed E-state index contributed by atoms with van der Waals surface area (Å²) in [6.45, 7) is 2.75. The predicted molar refractivity (Wildman–Crippen MR) is 108 cm³/mol. The summed E-state index contributed by atoms with van der Waals surface area (Å²) in [6, 6.07) is 13.7. The van der Waals surface area contributed by atoms with Crippen molar-refractivity contribution in [2.75, 3.05) is 7.11 Å². The van der Waals surface area contributed by atoms with Crippen LogP contribution in [0.2, 0.25) is 0 Å². The molecule has 1 aliphatic carbocycles. The molecule has 0 bridgehead atoms. The van der Waals surface area contributed by atoms with Crippen LogP contribution in [-0.4, -0.2) is 23.4 Å². The summed E-state index contributed by atoms with van der Waals surface area (Å²) in [5, 5.41) is 0.728. The average Bonchev–Trinajstić information content (AvgIpc) is 2.95. The molecule has 0 radical (unpaired) electrons. The first-order valence-corrected chi connectivity index (χ1v) is 9.79. The van der Waals surface area contributed by atoms with E-state index in [1.807, 2.05) is 24.3 Å². The summed E-state index contributed by atoms with van der Waals surface area (Å²) in [5.41, 5.74) is 4.22. The Labute approximate surface area is 166 Å². The molecule has 4 nitrogen and oxygen atoms in total. The number of methoxy groups -OCH3 is 1. The zero-order valence-corrected chi connectivity index (χ0v) is 16.9. The fourth-order valence-electron chi connectivity index (χ4n) is 4.06. The minimum Gasteiger partial charge on any atom is -0.465 e. The van der Waals surface area contributed by atoms with Gasteiger partial charge in [0.2, 0.25) is 0 Å². The van der Waals surface area contributed by atoms with Crippen molar-refractivity contribution in [3.63, 3.8) is 0 Å². The lowest BCUT2D eigenvalue weighted by atomic mass is 9.86. The second-order valence-corrected chi connectivity index (χ2v) is 8.08. The van der Waals surface area contributed by atoms with E-state index in [9.17, 15) is 9.59 Å². The Morgan fingerprint density at radius 3 is 2.74 bits per heavy atom. The van der Waals surface area contributed by atoms with Gasteiger partial charge in [-0.1, -0.05) is 41.1 Å². The molecule has 0 amide bonds. The van der Waals surface area contributed by atoms with Crippen LogP contribution in [0.25, 0.3) is 10.9 Å². The number of rotatable bonds is 3. The standard InChI is InChI=1S/C22H20BrNO3/c1-13-9-18-21(19(25)10-13)20-16(22(26)27-2)7-4-8-17(20)24(18)12-14-5-3-6-15(23)11-14/h3-8,11,13H,9-10,12H2,1-2H3. The molecule has 2 aromatic carbocycles. The zero-order chi connectivity index (χ0) is 19.1. The van der Waals surface area contributed by atoms with E-state index < -0.39 is 5.97 Å². The lowest BCUT2D eigenvalue weighted by molar-refractivity contribution is 0.0603. The van der Waals surface area contributed by atoms with Crippen molar-refractivity contribution in [1.29, 1.82) is 0 Å². The smallest absolute Gasteiger partial charge is 0.338 e. The van der Waals surface area contributed by atoms with Crippen LogP contribution in [0.3, 0.4) is 0 Å². The van der Waals surface area contributed by atoms with Gasteiger partial charge < -0.3 is 9.30 Å². The minimum absolute atomic E-state index is 0.109. The van der Waals surface area contributed by atoms with Crippen LogP contribution in [0.15, 0.2) is 46.9 Å². The second-order valence-electron chi connectivity index (χ2n) is 7.17. The zero-order valence-electron chi connectivity index (χ0n) is 15.3. The number of benzene rings is 2. The molecule has 1 aromatic heterocycles. The van der Waals surface area contributed by atoms with Crippen LogP contribution in [-0.2, 0) is 17.7 Å². The van der Waals surface area contributed by atoms with Crippen LogP contribution < -0.4 is 0 Å².